The molecule has 1 aliphatic rings. The standard InChI is InChI=1S/C27H22ClN7O3/c28-17-8-10-19-21(14-17)30-25(29-19)22(15-36)31-26(37)16-7-9-18(27(38)34-11-3-4-12-34)24(13-16)35-23-6-2-1-5-20(23)32-33-35/h1-10,13-14,22,36H,11-12,15H2,(H,29,30)(H,31,37). The first-order valence-electron chi connectivity index (χ1n) is 12.0. The monoisotopic (exact) mass is 527 g/mol. The van der Waals surface area contributed by atoms with Gasteiger partial charge in [0.25, 0.3) is 11.8 Å². The quantitative estimate of drug-likeness (QED) is 0.290. The predicted octanol–water partition coefficient (Wildman–Crippen LogP) is 3.43. The van der Waals surface area contributed by atoms with E-state index in [1.807, 2.05) is 36.4 Å². The maximum absolute atomic E-state index is 13.4. The fourth-order valence-electron chi connectivity index (χ4n) is 4.50. The molecule has 2 aromatic heterocycles. The number of aromatic amines is 1. The summed E-state index contributed by atoms with van der Waals surface area (Å²) >= 11 is 6.06. The minimum absolute atomic E-state index is 0.175. The molecule has 1 aliphatic heterocycles. The van der Waals surface area contributed by atoms with Gasteiger partial charge >= 0.3 is 0 Å². The van der Waals surface area contributed by atoms with Gasteiger partial charge < -0.3 is 20.3 Å². The zero-order chi connectivity index (χ0) is 26.2. The van der Waals surface area contributed by atoms with Crippen molar-refractivity contribution in [1.29, 1.82) is 0 Å². The fraction of sp³-hybridized carbons (Fsp3) is 0.148. The lowest BCUT2D eigenvalue weighted by Crippen LogP contribution is -2.32. The molecule has 190 valence electrons. The molecule has 11 heteroatoms. The van der Waals surface area contributed by atoms with Crippen molar-refractivity contribution in [3.8, 4) is 5.69 Å². The molecular weight excluding hydrogens is 506 g/mol. The summed E-state index contributed by atoms with van der Waals surface area (Å²) in [5, 5.41) is 21.9. The molecule has 5 aromatic rings. The number of rotatable bonds is 6. The molecule has 1 unspecified atom stereocenters. The van der Waals surface area contributed by atoms with E-state index < -0.39 is 11.9 Å². The Morgan fingerprint density at radius 3 is 2.68 bits per heavy atom. The second-order valence-corrected chi connectivity index (χ2v) is 9.33. The van der Waals surface area contributed by atoms with Crippen molar-refractivity contribution in [2.45, 2.75) is 6.04 Å². The maximum Gasteiger partial charge on any atom is 0.256 e. The third-order valence-electron chi connectivity index (χ3n) is 6.46. The predicted molar refractivity (Wildman–Crippen MR) is 142 cm³/mol. The Kier molecular flexibility index (Phi) is 6.10. The van der Waals surface area contributed by atoms with E-state index in [1.54, 1.807) is 46.0 Å². The van der Waals surface area contributed by atoms with Crippen molar-refractivity contribution in [2.24, 2.45) is 0 Å². The highest BCUT2D eigenvalue weighted by Gasteiger charge is 2.25. The van der Waals surface area contributed by atoms with E-state index in [9.17, 15) is 14.7 Å². The summed E-state index contributed by atoms with van der Waals surface area (Å²) in [6.07, 6.45) is 3.87. The van der Waals surface area contributed by atoms with Crippen molar-refractivity contribution in [2.75, 3.05) is 19.7 Å². The first kappa shape index (κ1) is 23.8. The number of fused-ring (bicyclic) bond motifs is 2. The van der Waals surface area contributed by atoms with Gasteiger partial charge in [-0.25, -0.2) is 9.67 Å². The smallest absolute Gasteiger partial charge is 0.256 e. The fourth-order valence-corrected chi connectivity index (χ4v) is 4.66. The highest BCUT2D eigenvalue weighted by Crippen LogP contribution is 2.24. The highest BCUT2D eigenvalue weighted by molar-refractivity contribution is 6.31. The number of benzene rings is 3. The first-order chi connectivity index (χ1) is 18.5. The van der Waals surface area contributed by atoms with Crippen LogP contribution in [0, 0.1) is 0 Å². The van der Waals surface area contributed by atoms with Gasteiger partial charge in [0.05, 0.1) is 34.4 Å². The number of nitrogens with zero attached hydrogens (tertiary/aromatic N) is 5. The van der Waals surface area contributed by atoms with Crippen molar-refractivity contribution in [3.63, 3.8) is 0 Å². The molecule has 0 fully saturated rings. The number of hydrogen-bond acceptors (Lipinski definition) is 6. The van der Waals surface area contributed by atoms with Crippen LogP contribution in [0.15, 0.2) is 72.8 Å². The summed E-state index contributed by atoms with van der Waals surface area (Å²) in [5.74, 6) is -0.227. The summed E-state index contributed by atoms with van der Waals surface area (Å²) in [4.78, 5) is 36.0. The number of halogens is 1. The number of imidazole rings is 1. The molecule has 0 bridgehead atoms. The molecule has 3 aromatic carbocycles. The van der Waals surface area contributed by atoms with Crippen LogP contribution >= 0.6 is 11.6 Å². The third kappa shape index (κ3) is 4.29. The molecule has 2 amide bonds. The number of carbonyl (C=O) groups is 2. The number of amides is 2. The summed E-state index contributed by atoms with van der Waals surface area (Å²) < 4.78 is 1.56. The average Bonchev–Trinajstić information content (AvgIpc) is 3.70. The number of aromatic nitrogens is 5. The van der Waals surface area contributed by atoms with Gasteiger partial charge in [-0.2, -0.15) is 0 Å². The summed E-state index contributed by atoms with van der Waals surface area (Å²) in [5.41, 5.74) is 3.84. The summed E-state index contributed by atoms with van der Waals surface area (Å²) in [6.45, 7) is 0.650. The van der Waals surface area contributed by atoms with Gasteiger partial charge in [-0.15, -0.1) is 5.10 Å². The molecule has 0 saturated carbocycles. The molecule has 0 aliphatic carbocycles. The Labute approximate surface area is 221 Å². The van der Waals surface area contributed by atoms with Crippen molar-refractivity contribution >= 4 is 45.5 Å². The lowest BCUT2D eigenvalue weighted by Gasteiger charge is -2.19. The molecular formula is C27H22ClN7O3. The number of aliphatic hydroxyl groups excluding tert-OH is 1. The Morgan fingerprint density at radius 1 is 1.05 bits per heavy atom. The van der Waals surface area contributed by atoms with Crippen LogP contribution in [0.2, 0.25) is 5.02 Å². The molecule has 1 atom stereocenters. The van der Waals surface area contributed by atoms with Gasteiger partial charge in [0.1, 0.15) is 17.4 Å². The van der Waals surface area contributed by atoms with E-state index in [1.165, 1.54) is 0 Å². The first-order valence-corrected chi connectivity index (χ1v) is 12.4. The summed E-state index contributed by atoms with van der Waals surface area (Å²) in [6, 6.07) is 16.6. The molecule has 0 saturated heterocycles. The van der Waals surface area contributed by atoms with Gasteiger partial charge in [-0.05, 0) is 48.5 Å². The molecule has 38 heavy (non-hydrogen) atoms. The van der Waals surface area contributed by atoms with Crippen LogP contribution in [0.4, 0.5) is 0 Å². The largest absolute Gasteiger partial charge is 0.394 e. The molecule has 3 N–H and O–H groups in total. The van der Waals surface area contributed by atoms with Crippen LogP contribution in [0.25, 0.3) is 27.8 Å². The van der Waals surface area contributed by atoms with Crippen molar-refractivity contribution in [1.82, 2.24) is 35.2 Å². The minimum Gasteiger partial charge on any atom is -0.394 e. The molecule has 0 radical (unpaired) electrons. The van der Waals surface area contributed by atoms with Crippen LogP contribution < -0.4 is 5.32 Å². The number of H-pyrrole nitrogens is 1. The number of para-hydroxylation sites is 1. The SMILES string of the molecule is O=C(NC(CO)c1nc2cc(Cl)ccc2[nH]1)c1ccc(C(=O)N2CC=CC2)c(-n2nnc3ccccc32)c1. The molecule has 0 spiro atoms. The van der Waals surface area contributed by atoms with E-state index in [0.717, 1.165) is 5.52 Å². The van der Waals surface area contributed by atoms with Gasteiger partial charge in [-0.3, -0.25) is 9.59 Å². The second-order valence-electron chi connectivity index (χ2n) is 8.90. The van der Waals surface area contributed by atoms with Crippen LogP contribution in [-0.2, 0) is 0 Å². The number of nitrogens with one attached hydrogen (secondary N) is 2. The zero-order valence-electron chi connectivity index (χ0n) is 20.0. The normalized spacial score (nSPS) is 13.9. The van der Waals surface area contributed by atoms with E-state index in [2.05, 4.69) is 25.6 Å². The van der Waals surface area contributed by atoms with E-state index in [4.69, 9.17) is 11.6 Å². The Hall–Kier alpha value is -4.54. The van der Waals surface area contributed by atoms with E-state index in [-0.39, 0.29) is 18.1 Å². The minimum atomic E-state index is -0.790. The molecule has 3 heterocycles. The molecule has 6 rings (SSSR count). The molecule has 10 nitrogen and oxygen atoms in total. The number of carbonyl (C=O) groups excluding carboxylic acids is 2. The van der Waals surface area contributed by atoms with Crippen LogP contribution in [0.5, 0.6) is 0 Å². The van der Waals surface area contributed by atoms with E-state index >= 15 is 0 Å². The number of aliphatic hydroxyl groups is 1. The third-order valence-corrected chi connectivity index (χ3v) is 6.69. The lowest BCUT2D eigenvalue weighted by molar-refractivity contribution is 0.0799. The van der Waals surface area contributed by atoms with Gasteiger partial charge in [0.2, 0.25) is 0 Å². The number of hydrogen-bond donors (Lipinski definition) is 3. The van der Waals surface area contributed by atoms with Crippen LogP contribution in [0.1, 0.15) is 32.6 Å². The maximum atomic E-state index is 13.4. The van der Waals surface area contributed by atoms with Gasteiger partial charge in [0.15, 0.2) is 0 Å². The Morgan fingerprint density at radius 2 is 1.87 bits per heavy atom. The topological polar surface area (TPSA) is 129 Å². The van der Waals surface area contributed by atoms with Gasteiger partial charge in [-0.1, -0.05) is 41.1 Å². The highest BCUT2D eigenvalue weighted by atomic mass is 35.5. The van der Waals surface area contributed by atoms with Crippen molar-refractivity contribution in [3.05, 3.63) is 94.8 Å². The Balaban J connectivity index is 1.36. The van der Waals surface area contributed by atoms with E-state index in [0.29, 0.717) is 51.7 Å². The van der Waals surface area contributed by atoms with Gasteiger partial charge in [0, 0.05) is 23.7 Å². The van der Waals surface area contributed by atoms with Crippen molar-refractivity contribution < 1.29 is 14.7 Å². The van der Waals surface area contributed by atoms with Crippen LogP contribution in [-0.4, -0.2) is 66.5 Å². The summed E-state index contributed by atoms with van der Waals surface area (Å²) in [7, 11) is 0. The zero-order valence-corrected chi connectivity index (χ0v) is 20.8. The average molecular weight is 528 g/mol. The lowest BCUT2D eigenvalue weighted by atomic mass is 10.1. The second kappa shape index (κ2) is 9.73. The Bertz CT molecular complexity index is 1720. The van der Waals surface area contributed by atoms with Crippen LogP contribution in [0.3, 0.4) is 0 Å².